The van der Waals surface area contributed by atoms with Crippen molar-refractivity contribution in [2.24, 2.45) is 0 Å². The van der Waals surface area contributed by atoms with E-state index in [1.54, 1.807) is 0 Å². The second-order valence-corrected chi connectivity index (χ2v) is 3.61. The van der Waals surface area contributed by atoms with Gasteiger partial charge in [-0.3, -0.25) is 0 Å². The van der Waals surface area contributed by atoms with E-state index in [1.165, 1.54) is 19.2 Å². The zero-order valence-corrected chi connectivity index (χ0v) is 9.40. The maximum absolute atomic E-state index is 11.2. The maximum Gasteiger partial charge on any atom is 0.339 e. The number of nitriles is 1. The molecule has 5 heteroatoms. The second kappa shape index (κ2) is 4.28. The molecule has 0 fully saturated rings. The molecule has 0 aromatic heterocycles. The topological polar surface area (TPSA) is 70.3 Å². The van der Waals surface area contributed by atoms with Crippen LogP contribution in [0.1, 0.15) is 15.9 Å². The van der Waals surface area contributed by atoms with Gasteiger partial charge in [-0.25, -0.2) is 4.79 Å². The van der Waals surface area contributed by atoms with Gasteiger partial charge in [0.15, 0.2) is 0 Å². The van der Waals surface area contributed by atoms with Gasteiger partial charge in [0.1, 0.15) is 11.8 Å². The van der Waals surface area contributed by atoms with E-state index in [4.69, 9.17) is 5.26 Å². The number of halogens is 1. The molecule has 4 nitrogen and oxygen atoms in total. The molecule has 1 aromatic rings. The fraction of sp³-hybridized carbons (Fsp3) is 0.111. The minimum Gasteiger partial charge on any atom is -0.507 e. The number of aromatic hydroxyl groups is 1. The average Bonchev–Trinajstić information content (AvgIpc) is 2.20. The lowest BCUT2D eigenvalue weighted by atomic mass is 10.1. The summed E-state index contributed by atoms with van der Waals surface area (Å²) in [5.41, 5.74) is 0.270. The number of carbonyl (C=O) groups is 1. The number of nitrogens with zero attached hydrogens (tertiary/aromatic N) is 1. The highest BCUT2D eigenvalue weighted by atomic mass is 127. The standard InChI is InChI=1S/C9H6INO3/c1-14-9(13)6-3-8(12)7(10)2-5(6)4-11/h2-3,12H,1H3. The van der Waals surface area contributed by atoms with Crippen LogP contribution < -0.4 is 0 Å². The highest BCUT2D eigenvalue weighted by Crippen LogP contribution is 2.24. The lowest BCUT2D eigenvalue weighted by Gasteiger charge is -2.03. The van der Waals surface area contributed by atoms with Crippen molar-refractivity contribution in [3.8, 4) is 11.8 Å². The molecule has 1 rings (SSSR count). The molecule has 0 bridgehead atoms. The normalized spacial score (nSPS) is 9.21. The Labute approximate surface area is 94.2 Å². The van der Waals surface area contributed by atoms with Gasteiger partial charge in [0.25, 0.3) is 0 Å². The number of esters is 1. The van der Waals surface area contributed by atoms with E-state index in [0.29, 0.717) is 3.57 Å². The number of carbonyl (C=O) groups excluding carboxylic acids is 1. The summed E-state index contributed by atoms with van der Waals surface area (Å²) in [5.74, 6) is -0.668. The summed E-state index contributed by atoms with van der Waals surface area (Å²) >= 11 is 1.87. The summed E-state index contributed by atoms with van der Waals surface area (Å²) in [7, 11) is 1.22. The highest BCUT2D eigenvalue weighted by Gasteiger charge is 2.14. The van der Waals surface area contributed by atoms with Gasteiger partial charge in [-0.15, -0.1) is 0 Å². The van der Waals surface area contributed by atoms with Crippen molar-refractivity contribution in [2.45, 2.75) is 0 Å². The van der Waals surface area contributed by atoms with Crippen LogP contribution in [0.25, 0.3) is 0 Å². The molecule has 0 radical (unpaired) electrons. The molecule has 14 heavy (non-hydrogen) atoms. The largest absolute Gasteiger partial charge is 0.507 e. The summed E-state index contributed by atoms with van der Waals surface area (Å²) < 4.78 is 4.99. The monoisotopic (exact) mass is 303 g/mol. The lowest BCUT2D eigenvalue weighted by Crippen LogP contribution is -2.04. The fourth-order valence-electron chi connectivity index (χ4n) is 0.933. The molecule has 0 aliphatic rings. The molecule has 0 saturated heterocycles. The molecule has 0 unspecified atom stereocenters. The first-order chi connectivity index (χ1) is 6.60. The van der Waals surface area contributed by atoms with Crippen molar-refractivity contribution in [1.29, 1.82) is 5.26 Å². The van der Waals surface area contributed by atoms with Crippen molar-refractivity contribution in [3.05, 3.63) is 26.8 Å². The summed E-state index contributed by atoms with van der Waals surface area (Å²) in [4.78, 5) is 11.2. The number of benzene rings is 1. The van der Waals surface area contributed by atoms with E-state index >= 15 is 0 Å². The number of hydrogen-bond donors (Lipinski definition) is 1. The van der Waals surface area contributed by atoms with E-state index < -0.39 is 5.97 Å². The molecule has 0 atom stereocenters. The Kier molecular flexibility index (Phi) is 3.30. The van der Waals surface area contributed by atoms with E-state index in [2.05, 4.69) is 4.74 Å². The Hall–Kier alpha value is -1.29. The van der Waals surface area contributed by atoms with Gasteiger partial charge < -0.3 is 9.84 Å². The third-order valence-electron chi connectivity index (χ3n) is 1.61. The summed E-state index contributed by atoms with van der Waals surface area (Å²) in [6, 6.07) is 4.52. The number of ether oxygens (including phenoxy) is 1. The van der Waals surface area contributed by atoms with E-state index in [9.17, 15) is 9.90 Å². The molecule has 0 heterocycles. The molecule has 0 amide bonds. The minimum atomic E-state index is -0.631. The third kappa shape index (κ3) is 1.96. The van der Waals surface area contributed by atoms with Crippen molar-refractivity contribution in [2.75, 3.05) is 7.11 Å². The van der Waals surface area contributed by atoms with Crippen molar-refractivity contribution < 1.29 is 14.6 Å². The first kappa shape index (κ1) is 10.8. The zero-order chi connectivity index (χ0) is 10.7. The Morgan fingerprint density at radius 2 is 2.29 bits per heavy atom. The van der Waals surface area contributed by atoms with Crippen LogP contribution in [-0.2, 0) is 4.74 Å². The molecule has 1 aromatic carbocycles. The van der Waals surface area contributed by atoms with Crippen molar-refractivity contribution in [1.82, 2.24) is 0 Å². The van der Waals surface area contributed by atoms with E-state index in [1.807, 2.05) is 28.7 Å². The molecule has 0 aliphatic heterocycles. The molecular formula is C9H6INO3. The van der Waals surface area contributed by atoms with Gasteiger partial charge in [0.05, 0.1) is 21.8 Å². The number of rotatable bonds is 1. The number of hydrogen-bond acceptors (Lipinski definition) is 4. The number of phenols is 1. The first-order valence-electron chi connectivity index (χ1n) is 3.61. The van der Waals surface area contributed by atoms with Gasteiger partial charge in [-0.05, 0) is 34.7 Å². The Balaban J connectivity index is 3.36. The average molecular weight is 303 g/mol. The van der Waals surface area contributed by atoms with Crippen LogP contribution in [-0.4, -0.2) is 18.2 Å². The van der Waals surface area contributed by atoms with Crippen LogP contribution in [0.4, 0.5) is 0 Å². The van der Waals surface area contributed by atoms with Crippen LogP contribution in [0, 0.1) is 14.9 Å². The lowest BCUT2D eigenvalue weighted by molar-refractivity contribution is 0.0600. The predicted molar refractivity (Wildman–Crippen MR) is 56.9 cm³/mol. The highest BCUT2D eigenvalue weighted by molar-refractivity contribution is 14.1. The van der Waals surface area contributed by atoms with Crippen LogP contribution in [0.3, 0.4) is 0 Å². The van der Waals surface area contributed by atoms with E-state index in [-0.39, 0.29) is 16.9 Å². The predicted octanol–water partition coefficient (Wildman–Crippen LogP) is 1.66. The van der Waals surface area contributed by atoms with Crippen LogP contribution in [0.5, 0.6) is 5.75 Å². The van der Waals surface area contributed by atoms with Gasteiger partial charge in [0.2, 0.25) is 0 Å². The number of phenolic OH excluding ortho intramolecular Hbond substituents is 1. The smallest absolute Gasteiger partial charge is 0.339 e. The van der Waals surface area contributed by atoms with Crippen LogP contribution >= 0.6 is 22.6 Å². The van der Waals surface area contributed by atoms with Crippen LogP contribution in [0.2, 0.25) is 0 Å². The zero-order valence-electron chi connectivity index (χ0n) is 7.24. The minimum absolute atomic E-state index is 0.0370. The number of methoxy groups -OCH3 is 1. The van der Waals surface area contributed by atoms with Gasteiger partial charge in [0, 0.05) is 0 Å². The molecule has 0 aliphatic carbocycles. The quantitative estimate of drug-likeness (QED) is 0.632. The molecule has 0 saturated carbocycles. The third-order valence-corrected chi connectivity index (χ3v) is 2.48. The van der Waals surface area contributed by atoms with Crippen molar-refractivity contribution in [3.63, 3.8) is 0 Å². The van der Waals surface area contributed by atoms with Gasteiger partial charge in [-0.2, -0.15) is 5.26 Å². The Bertz CT molecular complexity index is 423. The molecular weight excluding hydrogens is 297 g/mol. The fourth-order valence-corrected chi connectivity index (χ4v) is 1.40. The summed E-state index contributed by atoms with van der Waals surface area (Å²) in [6.45, 7) is 0. The van der Waals surface area contributed by atoms with E-state index in [0.717, 1.165) is 0 Å². The Morgan fingerprint density at radius 1 is 1.64 bits per heavy atom. The van der Waals surface area contributed by atoms with Crippen LogP contribution in [0.15, 0.2) is 12.1 Å². The first-order valence-corrected chi connectivity index (χ1v) is 4.69. The van der Waals surface area contributed by atoms with Gasteiger partial charge >= 0.3 is 5.97 Å². The SMILES string of the molecule is COC(=O)c1cc(O)c(I)cc1C#N. The molecule has 1 N–H and O–H groups in total. The second-order valence-electron chi connectivity index (χ2n) is 2.45. The molecule has 0 spiro atoms. The Morgan fingerprint density at radius 3 is 2.79 bits per heavy atom. The van der Waals surface area contributed by atoms with Crippen molar-refractivity contribution >= 4 is 28.6 Å². The summed E-state index contributed by atoms with van der Waals surface area (Å²) in [5, 5.41) is 18.1. The molecule has 72 valence electrons. The summed E-state index contributed by atoms with van der Waals surface area (Å²) in [6.07, 6.45) is 0. The maximum atomic E-state index is 11.2. The van der Waals surface area contributed by atoms with Gasteiger partial charge in [-0.1, -0.05) is 0 Å².